The van der Waals surface area contributed by atoms with Crippen LogP contribution < -0.4 is 4.74 Å². The molecule has 0 saturated carbocycles. The molecule has 3 nitrogen and oxygen atoms in total. The summed E-state index contributed by atoms with van der Waals surface area (Å²) in [6.45, 7) is -2.97. The number of pyridine rings is 1. The standard InChI is InChI=1S/C13H8ClF2NO2/c14-10-5-9(6-11(7-10)19-13(15)16)12(18)8-1-3-17-4-2-8/h1-7,13H. The van der Waals surface area contributed by atoms with Crippen molar-refractivity contribution in [1.29, 1.82) is 0 Å². The van der Waals surface area contributed by atoms with Crippen LogP contribution in [-0.2, 0) is 0 Å². The number of hydrogen-bond acceptors (Lipinski definition) is 3. The van der Waals surface area contributed by atoms with Crippen LogP contribution in [0.3, 0.4) is 0 Å². The van der Waals surface area contributed by atoms with Gasteiger partial charge in [0.2, 0.25) is 0 Å². The molecule has 0 amide bonds. The molecule has 0 fully saturated rings. The molecule has 0 N–H and O–H groups in total. The molecule has 2 aromatic rings. The Labute approximate surface area is 112 Å². The summed E-state index contributed by atoms with van der Waals surface area (Å²) in [5, 5.41) is 0.149. The molecular formula is C13H8ClF2NO2. The summed E-state index contributed by atoms with van der Waals surface area (Å²) in [7, 11) is 0. The largest absolute Gasteiger partial charge is 0.435 e. The second-order valence-corrected chi connectivity index (χ2v) is 4.06. The Morgan fingerprint density at radius 1 is 1.16 bits per heavy atom. The molecule has 0 aliphatic rings. The highest BCUT2D eigenvalue weighted by Crippen LogP contribution is 2.24. The summed E-state index contributed by atoms with van der Waals surface area (Å²) in [6, 6.07) is 6.88. The van der Waals surface area contributed by atoms with E-state index < -0.39 is 6.61 Å². The van der Waals surface area contributed by atoms with Gasteiger partial charge in [-0.05, 0) is 30.3 Å². The number of rotatable bonds is 4. The first kappa shape index (κ1) is 13.4. The van der Waals surface area contributed by atoms with E-state index in [0.29, 0.717) is 5.56 Å². The van der Waals surface area contributed by atoms with Gasteiger partial charge in [0, 0.05) is 28.5 Å². The summed E-state index contributed by atoms with van der Waals surface area (Å²) in [6.07, 6.45) is 2.93. The second-order valence-electron chi connectivity index (χ2n) is 3.62. The smallest absolute Gasteiger partial charge is 0.387 e. The van der Waals surface area contributed by atoms with Gasteiger partial charge < -0.3 is 4.74 Å². The van der Waals surface area contributed by atoms with Gasteiger partial charge in [0.05, 0.1) is 0 Å². The highest BCUT2D eigenvalue weighted by Gasteiger charge is 2.13. The first-order valence-corrected chi connectivity index (χ1v) is 5.64. The lowest BCUT2D eigenvalue weighted by molar-refractivity contribution is -0.0498. The fraction of sp³-hybridized carbons (Fsp3) is 0.0769. The van der Waals surface area contributed by atoms with Crippen LogP contribution in [0.2, 0.25) is 5.02 Å². The lowest BCUT2D eigenvalue weighted by Gasteiger charge is -2.07. The average Bonchev–Trinajstić information content (AvgIpc) is 2.37. The molecule has 0 spiro atoms. The van der Waals surface area contributed by atoms with Gasteiger partial charge in [-0.2, -0.15) is 8.78 Å². The van der Waals surface area contributed by atoms with Gasteiger partial charge in [0.25, 0.3) is 0 Å². The Morgan fingerprint density at radius 3 is 2.47 bits per heavy atom. The Bertz CT molecular complexity index is 590. The first-order valence-electron chi connectivity index (χ1n) is 5.26. The van der Waals surface area contributed by atoms with Gasteiger partial charge in [-0.15, -0.1) is 0 Å². The molecule has 0 aliphatic heterocycles. The molecule has 1 aromatic carbocycles. The first-order chi connectivity index (χ1) is 9.06. The van der Waals surface area contributed by atoms with Crippen molar-refractivity contribution in [3.63, 3.8) is 0 Å². The Kier molecular flexibility index (Phi) is 4.06. The van der Waals surface area contributed by atoms with E-state index in [0.717, 1.165) is 0 Å². The van der Waals surface area contributed by atoms with E-state index in [-0.39, 0.29) is 22.1 Å². The maximum absolute atomic E-state index is 12.1. The quantitative estimate of drug-likeness (QED) is 0.805. The number of alkyl halides is 2. The van der Waals surface area contributed by atoms with Crippen molar-refractivity contribution in [2.75, 3.05) is 0 Å². The predicted molar refractivity (Wildman–Crippen MR) is 65.8 cm³/mol. The molecule has 0 radical (unpaired) electrons. The fourth-order valence-corrected chi connectivity index (χ4v) is 1.76. The van der Waals surface area contributed by atoms with Crippen molar-refractivity contribution in [1.82, 2.24) is 4.98 Å². The molecule has 6 heteroatoms. The zero-order chi connectivity index (χ0) is 13.8. The normalized spacial score (nSPS) is 10.5. The maximum atomic E-state index is 12.1. The summed E-state index contributed by atoms with van der Waals surface area (Å²) in [5.74, 6) is -0.496. The van der Waals surface area contributed by atoms with E-state index in [4.69, 9.17) is 11.6 Å². The van der Waals surface area contributed by atoms with Crippen LogP contribution in [0.1, 0.15) is 15.9 Å². The van der Waals surface area contributed by atoms with Crippen LogP contribution in [0, 0.1) is 0 Å². The molecule has 1 aromatic heterocycles. The molecule has 2 rings (SSSR count). The lowest BCUT2D eigenvalue weighted by Crippen LogP contribution is -2.05. The van der Waals surface area contributed by atoms with Crippen LogP contribution in [-0.4, -0.2) is 17.4 Å². The molecule has 0 unspecified atom stereocenters. The minimum atomic E-state index is -2.97. The van der Waals surface area contributed by atoms with Crippen molar-refractivity contribution in [2.24, 2.45) is 0 Å². The van der Waals surface area contributed by atoms with E-state index in [1.807, 2.05) is 0 Å². The van der Waals surface area contributed by atoms with Gasteiger partial charge in [0.1, 0.15) is 5.75 Å². The topological polar surface area (TPSA) is 39.2 Å². The third-order valence-corrected chi connectivity index (χ3v) is 2.52. The van der Waals surface area contributed by atoms with Crippen molar-refractivity contribution in [3.05, 3.63) is 58.9 Å². The van der Waals surface area contributed by atoms with Crippen LogP contribution >= 0.6 is 11.6 Å². The van der Waals surface area contributed by atoms with E-state index >= 15 is 0 Å². The number of carbonyl (C=O) groups is 1. The summed E-state index contributed by atoms with van der Waals surface area (Å²) in [4.78, 5) is 15.9. The van der Waals surface area contributed by atoms with Crippen LogP contribution in [0.5, 0.6) is 5.75 Å². The van der Waals surface area contributed by atoms with Gasteiger partial charge in [-0.25, -0.2) is 0 Å². The highest BCUT2D eigenvalue weighted by atomic mass is 35.5. The Morgan fingerprint density at radius 2 is 1.84 bits per heavy atom. The number of hydrogen-bond donors (Lipinski definition) is 0. The van der Waals surface area contributed by atoms with Crippen molar-refractivity contribution in [2.45, 2.75) is 6.61 Å². The molecular weight excluding hydrogens is 276 g/mol. The van der Waals surface area contributed by atoms with Gasteiger partial charge in [-0.1, -0.05) is 11.6 Å². The second kappa shape index (κ2) is 5.75. The highest BCUT2D eigenvalue weighted by molar-refractivity contribution is 6.31. The number of halogens is 3. The SMILES string of the molecule is O=C(c1ccncc1)c1cc(Cl)cc(OC(F)F)c1. The van der Waals surface area contributed by atoms with Crippen molar-refractivity contribution < 1.29 is 18.3 Å². The predicted octanol–water partition coefficient (Wildman–Crippen LogP) is 3.57. The molecule has 98 valence electrons. The summed E-state index contributed by atoms with van der Waals surface area (Å²) in [5.41, 5.74) is 0.564. The Hall–Kier alpha value is -2.01. The van der Waals surface area contributed by atoms with Crippen LogP contribution in [0.15, 0.2) is 42.7 Å². The fourth-order valence-electron chi connectivity index (χ4n) is 1.53. The monoisotopic (exact) mass is 283 g/mol. The molecule has 0 saturated heterocycles. The molecule has 0 bridgehead atoms. The van der Waals surface area contributed by atoms with E-state index in [1.165, 1.54) is 42.7 Å². The molecule has 0 atom stereocenters. The van der Waals surface area contributed by atoms with Crippen molar-refractivity contribution in [3.8, 4) is 5.75 Å². The lowest BCUT2D eigenvalue weighted by atomic mass is 10.0. The number of ketones is 1. The zero-order valence-corrected chi connectivity index (χ0v) is 10.3. The third kappa shape index (κ3) is 3.48. The van der Waals surface area contributed by atoms with E-state index in [1.54, 1.807) is 0 Å². The number of carbonyl (C=O) groups excluding carboxylic acids is 1. The third-order valence-electron chi connectivity index (χ3n) is 2.30. The number of ether oxygens (including phenoxy) is 1. The number of benzene rings is 1. The van der Waals surface area contributed by atoms with Gasteiger partial charge >= 0.3 is 6.61 Å². The van der Waals surface area contributed by atoms with Crippen LogP contribution in [0.4, 0.5) is 8.78 Å². The molecule has 19 heavy (non-hydrogen) atoms. The average molecular weight is 284 g/mol. The minimum absolute atomic E-state index is 0.149. The molecule has 0 aliphatic carbocycles. The molecule has 1 heterocycles. The summed E-state index contributed by atoms with van der Waals surface area (Å²) >= 11 is 5.78. The van der Waals surface area contributed by atoms with Crippen LogP contribution in [0.25, 0.3) is 0 Å². The van der Waals surface area contributed by atoms with Gasteiger partial charge in [-0.3, -0.25) is 9.78 Å². The van der Waals surface area contributed by atoms with E-state index in [2.05, 4.69) is 9.72 Å². The number of aromatic nitrogens is 1. The van der Waals surface area contributed by atoms with Crippen molar-refractivity contribution >= 4 is 17.4 Å². The Balaban J connectivity index is 2.34. The number of nitrogens with zero attached hydrogens (tertiary/aromatic N) is 1. The van der Waals surface area contributed by atoms with Gasteiger partial charge in [0.15, 0.2) is 5.78 Å². The minimum Gasteiger partial charge on any atom is -0.435 e. The summed E-state index contributed by atoms with van der Waals surface area (Å²) < 4.78 is 28.5. The van der Waals surface area contributed by atoms with E-state index in [9.17, 15) is 13.6 Å². The maximum Gasteiger partial charge on any atom is 0.387 e. The zero-order valence-electron chi connectivity index (χ0n) is 9.52.